The molecule has 0 radical (unpaired) electrons. The van der Waals surface area contributed by atoms with Gasteiger partial charge >= 0.3 is 0 Å². The lowest BCUT2D eigenvalue weighted by Gasteiger charge is -2.35. The van der Waals surface area contributed by atoms with Crippen molar-refractivity contribution in [3.8, 4) is 0 Å². The number of rotatable bonds is 10. The Morgan fingerprint density at radius 1 is 0.955 bits per heavy atom. The monoisotopic (exact) mass is 324 g/mol. The molecule has 0 fully saturated rings. The van der Waals surface area contributed by atoms with E-state index < -0.39 is 8.32 Å². The summed E-state index contributed by atoms with van der Waals surface area (Å²) in [7, 11) is -1.60. The topological polar surface area (TPSA) is 9.23 Å². The van der Waals surface area contributed by atoms with Crippen LogP contribution < -0.4 is 0 Å². The fourth-order valence-corrected chi connectivity index (χ4v) is 2.95. The van der Waals surface area contributed by atoms with E-state index in [1.54, 1.807) is 5.57 Å². The van der Waals surface area contributed by atoms with E-state index in [0.29, 0.717) is 5.04 Å². The molecule has 0 atom stereocenters. The largest absolute Gasteiger partial charge is 0.413 e. The van der Waals surface area contributed by atoms with Gasteiger partial charge in [-0.25, -0.2) is 0 Å². The fraction of sp³-hybridized carbons (Fsp3) is 0.800. The number of hydrogen-bond donors (Lipinski definition) is 0. The molecule has 0 aromatic heterocycles. The minimum atomic E-state index is -1.60. The van der Waals surface area contributed by atoms with Gasteiger partial charge in [0.1, 0.15) is 0 Å². The number of unbranched alkanes of at least 4 members (excludes halogenated alkanes) is 2. The molecule has 0 amide bonds. The molecular weight excluding hydrogens is 284 g/mol. The first-order valence-electron chi connectivity index (χ1n) is 9.05. The van der Waals surface area contributed by atoms with Crippen molar-refractivity contribution in [2.45, 2.75) is 98.2 Å². The van der Waals surface area contributed by atoms with Crippen LogP contribution in [0.3, 0.4) is 0 Å². The van der Waals surface area contributed by atoms with Crippen molar-refractivity contribution < 1.29 is 4.43 Å². The molecule has 0 unspecified atom stereocenters. The smallest absolute Gasteiger partial charge is 0.192 e. The van der Waals surface area contributed by atoms with Crippen molar-refractivity contribution >= 4 is 8.32 Å². The van der Waals surface area contributed by atoms with Crippen LogP contribution in [0, 0.1) is 0 Å². The molecule has 0 aliphatic heterocycles. The Labute approximate surface area is 141 Å². The van der Waals surface area contributed by atoms with Crippen LogP contribution in [0.25, 0.3) is 0 Å². The second-order valence-corrected chi connectivity index (χ2v) is 13.0. The first kappa shape index (κ1) is 21.7. The normalized spacial score (nSPS) is 14.5. The third kappa shape index (κ3) is 9.63. The van der Waals surface area contributed by atoms with E-state index in [-0.39, 0.29) is 0 Å². The van der Waals surface area contributed by atoms with E-state index in [4.69, 9.17) is 4.43 Å². The minimum Gasteiger partial charge on any atom is -0.413 e. The summed E-state index contributed by atoms with van der Waals surface area (Å²) in [6, 6.07) is 0. The van der Waals surface area contributed by atoms with Crippen molar-refractivity contribution in [2.75, 3.05) is 6.61 Å². The fourth-order valence-electron chi connectivity index (χ4n) is 2.01. The zero-order valence-electron chi connectivity index (χ0n) is 16.5. The Morgan fingerprint density at radius 2 is 1.55 bits per heavy atom. The summed E-state index contributed by atoms with van der Waals surface area (Å²) in [6.45, 7) is 19.1. The lowest BCUT2D eigenvalue weighted by atomic mass is 10.1. The van der Waals surface area contributed by atoms with Gasteiger partial charge in [0.25, 0.3) is 0 Å². The van der Waals surface area contributed by atoms with E-state index in [1.807, 2.05) is 0 Å². The lowest BCUT2D eigenvalue weighted by molar-refractivity contribution is 0.327. The summed E-state index contributed by atoms with van der Waals surface area (Å²) in [5.41, 5.74) is 3.01. The highest BCUT2D eigenvalue weighted by molar-refractivity contribution is 6.74. The zero-order valence-corrected chi connectivity index (χ0v) is 17.5. The average Bonchev–Trinajstić information content (AvgIpc) is 2.37. The van der Waals surface area contributed by atoms with Crippen LogP contribution in [0.15, 0.2) is 23.3 Å². The van der Waals surface area contributed by atoms with Crippen molar-refractivity contribution in [3.05, 3.63) is 23.3 Å². The van der Waals surface area contributed by atoms with Crippen LogP contribution in [-0.4, -0.2) is 14.9 Å². The Bertz CT molecular complexity index is 358. The summed E-state index contributed by atoms with van der Waals surface area (Å²) in [6.07, 6.45) is 12.3. The van der Waals surface area contributed by atoms with Crippen LogP contribution in [0.1, 0.15) is 80.1 Å². The van der Waals surface area contributed by atoms with Gasteiger partial charge in [-0.05, 0) is 57.7 Å². The molecule has 130 valence electrons. The Balaban J connectivity index is 4.07. The van der Waals surface area contributed by atoms with Gasteiger partial charge in [0, 0.05) is 0 Å². The highest BCUT2D eigenvalue weighted by Gasteiger charge is 2.36. The third-order valence-electron chi connectivity index (χ3n) is 4.89. The molecule has 22 heavy (non-hydrogen) atoms. The van der Waals surface area contributed by atoms with E-state index in [2.05, 4.69) is 66.8 Å². The molecule has 1 nitrogen and oxygen atoms in total. The van der Waals surface area contributed by atoms with Crippen LogP contribution in [0.2, 0.25) is 18.1 Å². The van der Waals surface area contributed by atoms with Gasteiger partial charge in [-0.1, -0.05) is 63.8 Å². The summed E-state index contributed by atoms with van der Waals surface area (Å²) in [5.74, 6) is 0. The van der Waals surface area contributed by atoms with E-state index >= 15 is 0 Å². The first-order chi connectivity index (χ1) is 10.1. The molecule has 0 aliphatic carbocycles. The van der Waals surface area contributed by atoms with Crippen molar-refractivity contribution in [1.82, 2.24) is 0 Å². The highest BCUT2D eigenvalue weighted by Crippen LogP contribution is 2.36. The van der Waals surface area contributed by atoms with Gasteiger partial charge in [0.15, 0.2) is 8.32 Å². The van der Waals surface area contributed by atoms with Crippen molar-refractivity contribution in [2.24, 2.45) is 0 Å². The molecule has 0 aliphatic rings. The van der Waals surface area contributed by atoms with Crippen molar-refractivity contribution in [1.29, 1.82) is 0 Å². The summed E-state index contributed by atoms with van der Waals surface area (Å²) < 4.78 is 6.20. The molecule has 0 rings (SSSR count). The molecule has 0 heterocycles. The van der Waals surface area contributed by atoms with Crippen LogP contribution >= 0.6 is 0 Å². The molecule has 0 spiro atoms. The predicted octanol–water partition coefficient (Wildman–Crippen LogP) is 7.26. The number of allylic oxidation sites excluding steroid dienone is 3. The van der Waals surface area contributed by atoms with Crippen LogP contribution in [-0.2, 0) is 4.43 Å². The summed E-state index contributed by atoms with van der Waals surface area (Å²) in [4.78, 5) is 0. The minimum absolute atomic E-state index is 0.299. The summed E-state index contributed by atoms with van der Waals surface area (Å²) in [5, 5.41) is 0.299. The SMILES string of the molecule is CCCCC/C(C)=C/CC/C(C)=C/CO[Si](C)(C)C(C)(C)C. The molecule has 0 aromatic rings. The van der Waals surface area contributed by atoms with Gasteiger partial charge in [0.05, 0.1) is 6.61 Å². The maximum Gasteiger partial charge on any atom is 0.192 e. The molecule has 0 saturated heterocycles. The van der Waals surface area contributed by atoms with Gasteiger partial charge in [-0.15, -0.1) is 0 Å². The lowest BCUT2D eigenvalue weighted by Crippen LogP contribution is -2.40. The van der Waals surface area contributed by atoms with Gasteiger partial charge in [0.2, 0.25) is 0 Å². The standard InChI is InChI=1S/C20H40OSi/c1-9-10-11-13-18(2)14-12-15-19(3)16-17-21-22(7,8)20(4,5)6/h14,16H,9-13,15,17H2,1-8H3/b18-14+,19-16+. The van der Waals surface area contributed by atoms with E-state index in [9.17, 15) is 0 Å². The third-order valence-corrected chi connectivity index (χ3v) is 9.39. The van der Waals surface area contributed by atoms with Crippen LogP contribution in [0.4, 0.5) is 0 Å². The molecule has 0 saturated carbocycles. The number of hydrogen-bond acceptors (Lipinski definition) is 1. The van der Waals surface area contributed by atoms with E-state index in [0.717, 1.165) is 13.0 Å². The van der Waals surface area contributed by atoms with Crippen molar-refractivity contribution in [3.63, 3.8) is 0 Å². The molecule has 0 bridgehead atoms. The maximum absolute atomic E-state index is 6.20. The highest BCUT2D eigenvalue weighted by atomic mass is 28.4. The Kier molecular flexibility index (Phi) is 10.3. The zero-order chi connectivity index (χ0) is 17.2. The maximum atomic E-state index is 6.20. The predicted molar refractivity (Wildman–Crippen MR) is 104 cm³/mol. The van der Waals surface area contributed by atoms with Gasteiger partial charge in [-0.3, -0.25) is 0 Å². The van der Waals surface area contributed by atoms with Gasteiger partial charge < -0.3 is 4.43 Å². The Morgan fingerprint density at radius 3 is 2.09 bits per heavy atom. The van der Waals surface area contributed by atoms with E-state index in [1.165, 1.54) is 37.7 Å². The second kappa shape index (κ2) is 10.4. The molecule has 2 heteroatoms. The average molecular weight is 325 g/mol. The molecular formula is C20H40OSi. The second-order valence-electron chi connectivity index (χ2n) is 8.17. The molecule has 0 N–H and O–H groups in total. The quantitative estimate of drug-likeness (QED) is 0.233. The summed E-state index contributed by atoms with van der Waals surface area (Å²) >= 11 is 0. The first-order valence-corrected chi connectivity index (χ1v) is 12.0. The molecule has 0 aromatic carbocycles. The van der Waals surface area contributed by atoms with Gasteiger partial charge in [-0.2, -0.15) is 0 Å². The van der Waals surface area contributed by atoms with Crippen LogP contribution in [0.5, 0.6) is 0 Å². The Hall–Kier alpha value is -0.343.